The van der Waals surface area contributed by atoms with Gasteiger partial charge in [0, 0.05) is 26.5 Å². The molecule has 1 N–H and O–H groups in total. The predicted molar refractivity (Wildman–Crippen MR) is 59.5 cm³/mol. The number of aryl methyl sites for hydroxylation is 2. The normalized spacial score (nSPS) is 12.9. The van der Waals surface area contributed by atoms with Gasteiger partial charge < -0.3 is 9.88 Å². The molecule has 0 aliphatic rings. The third kappa shape index (κ3) is 2.27. The van der Waals surface area contributed by atoms with Gasteiger partial charge in [-0.3, -0.25) is 4.68 Å². The van der Waals surface area contributed by atoms with E-state index < -0.39 is 0 Å². The lowest BCUT2D eigenvalue weighted by atomic mass is 10.3. The number of nitrogens with zero attached hydrogens (tertiary/aromatic N) is 5. The second-order valence-corrected chi connectivity index (χ2v) is 3.83. The van der Waals surface area contributed by atoms with Crippen LogP contribution in [0.1, 0.15) is 24.6 Å². The minimum absolute atomic E-state index is 0.184. The van der Waals surface area contributed by atoms with Gasteiger partial charge in [0.25, 0.3) is 0 Å². The van der Waals surface area contributed by atoms with Gasteiger partial charge in [0.05, 0.1) is 12.6 Å². The molecular formula is C10H16N6. The van der Waals surface area contributed by atoms with Crippen molar-refractivity contribution < 1.29 is 0 Å². The first kappa shape index (κ1) is 10.8. The highest BCUT2D eigenvalue weighted by molar-refractivity contribution is 4.97. The van der Waals surface area contributed by atoms with Crippen LogP contribution >= 0.6 is 0 Å². The molecule has 2 aromatic rings. The lowest BCUT2D eigenvalue weighted by Gasteiger charge is -2.12. The van der Waals surface area contributed by atoms with Crippen LogP contribution in [0.25, 0.3) is 0 Å². The molecule has 0 saturated carbocycles. The van der Waals surface area contributed by atoms with E-state index >= 15 is 0 Å². The molecule has 6 heteroatoms. The predicted octanol–water partition coefficient (Wildman–Crippen LogP) is 0.399. The van der Waals surface area contributed by atoms with E-state index in [1.54, 1.807) is 17.2 Å². The average Bonchev–Trinajstić information content (AvgIpc) is 2.84. The summed E-state index contributed by atoms with van der Waals surface area (Å²) < 4.78 is 3.70. The molecule has 2 aromatic heterocycles. The fourth-order valence-electron chi connectivity index (χ4n) is 1.59. The standard InChI is InChI=1S/C10H16N6/c1-8(10-11-4-5-15(10)2)12-6-9-13-7-16(3)14-9/h4-5,7-8,12H,6H2,1-3H3. The van der Waals surface area contributed by atoms with Crippen molar-refractivity contribution in [2.75, 3.05) is 0 Å². The Kier molecular flexibility index (Phi) is 3.00. The summed E-state index contributed by atoms with van der Waals surface area (Å²) in [5, 5.41) is 7.54. The van der Waals surface area contributed by atoms with Gasteiger partial charge in [-0.15, -0.1) is 0 Å². The van der Waals surface area contributed by atoms with Crippen molar-refractivity contribution >= 4 is 0 Å². The number of aromatic nitrogens is 5. The number of nitrogens with one attached hydrogen (secondary N) is 1. The van der Waals surface area contributed by atoms with Crippen molar-refractivity contribution in [3.05, 3.63) is 30.4 Å². The highest BCUT2D eigenvalue weighted by Crippen LogP contribution is 2.08. The maximum atomic E-state index is 4.29. The van der Waals surface area contributed by atoms with Crippen molar-refractivity contribution in [1.29, 1.82) is 0 Å². The molecule has 2 heterocycles. The van der Waals surface area contributed by atoms with Crippen LogP contribution in [0.2, 0.25) is 0 Å². The number of hydrogen-bond acceptors (Lipinski definition) is 4. The Morgan fingerprint density at radius 3 is 2.75 bits per heavy atom. The first-order valence-corrected chi connectivity index (χ1v) is 5.22. The van der Waals surface area contributed by atoms with Crippen molar-refractivity contribution in [2.24, 2.45) is 14.1 Å². The maximum absolute atomic E-state index is 4.29. The molecule has 0 aliphatic heterocycles. The zero-order valence-electron chi connectivity index (χ0n) is 9.75. The van der Waals surface area contributed by atoms with E-state index in [0.717, 1.165) is 11.6 Å². The summed E-state index contributed by atoms with van der Waals surface area (Å²) in [5.41, 5.74) is 0. The summed E-state index contributed by atoms with van der Waals surface area (Å²) in [4.78, 5) is 8.44. The van der Waals surface area contributed by atoms with Crippen LogP contribution in [0.3, 0.4) is 0 Å². The van der Waals surface area contributed by atoms with Gasteiger partial charge >= 0.3 is 0 Å². The molecule has 0 spiro atoms. The summed E-state index contributed by atoms with van der Waals surface area (Å²) in [6, 6.07) is 0.184. The fourth-order valence-corrected chi connectivity index (χ4v) is 1.59. The van der Waals surface area contributed by atoms with Crippen molar-refractivity contribution in [3.8, 4) is 0 Å². The number of imidazole rings is 1. The molecule has 1 unspecified atom stereocenters. The largest absolute Gasteiger partial charge is 0.337 e. The van der Waals surface area contributed by atoms with E-state index in [2.05, 4.69) is 27.3 Å². The minimum Gasteiger partial charge on any atom is -0.337 e. The summed E-state index contributed by atoms with van der Waals surface area (Å²) in [5.74, 6) is 1.81. The summed E-state index contributed by atoms with van der Waals surface area (Å²) in [6.07, 6.45) is 5.43. The molecule has 6 nitrogen and oxygen atoms in total. The van der Waals surface area contributed by atoms with Crippen LogP contribution in [0.4, 0.5) is 0 Å². The Morgan fingerprint density at radius 1 is 1.38 bits per heavy atom. The van der Waals surface area contributed by atoms with E-state index in [0.29, 0.717) is 6.54 Å². The van der Waals surface area contributed by atoms with Gasteiger partial charge in [-0.1, -0.05) is 0 Å². The molecule has 16 heavy (non-hydrogen) atoms. The molecule has 0 aliphatic carbocycles. The number of hydrogen-bond donors (Lipinski definition) is 1. The quantitative estimate of drug-likeness (QED) is 0.810. The summed E-state index contributed by atoms with van der Waals surface area (Å²) >= 11 is 0. The third-order valence-corrected chi connectivity index (χ3v) is 2.46. The summed E-state index contributed by atoms with van der Waals surface area (Å²) in [7, 11) is 3.85. The molecule has 2 rings (SSSR count). The second-order valence-electron chi connectivity index (χ2n) is 3.83. The number of rotatable bonds is 4. The molecule has 1 atom stereocenters. The van der Waals surface area contributed by atoms with Gasteiger partial charge in [-0.05, 0) is 6.92 Å². The van der Waals surface area contributed by atoms with Crippen molar-refractivity contribution in [2.45, 2.75) is 19.5 Å². The zero-order valence-corrected chi connectivity index (χ0v) is 9.75. The van der Waals surface area contributed by atoms with E-state index in [-0.39, 0.29) is 6.04 Å². The van der Waals surface area contributed by atoms with Crippen LogP contribution in [0.15, 0.2) is 18.7 Å². The molecule has 0 saturated heterocycles. The highest BCUT2D eigenvalue weighted by atomic mass is 15.3. The maximum Gasteiger partial charge on any atom is 0.164 e. The average molecular weight is 220 g/mol. The molecule has 0 amide bonds. The van der Waals surface area contributed by atoms with E-state index in [1.165, 1.54) is 0 Å². The van der Waals surface area contributed by atoms with Gasteiger partial charge in [0.1, 0.15) is 12.2 Å². The smallest absolute Gasteiger partial charge is 0.164 e. The Morgan fingerprint density at radius 2 is 2.19 bits per heavy atom. The topological polar surface area (TPSA) is 60.6 Å². The van der Waals surface area contributed by atoms with Crippen molar-refractivity contribution in [1.82, 2.24) is 29.6 Å². The Balaban J connectivity index is 1.93. The van der Waals surface area contributed by atoms with Gasteiger partial charge in [0.15, 0.2) is 5.82 Å². The lowest BCUT2D eigenvalue weighted by Crippen LogP contribution is -2.21. The van der Waals surface area contributed by atoms with Crippen molar-refractivity contribution in [3.63, 3.8) is 0 Å². The first-order valence-electron chi connectivity index (χ1n) is 5.22. The Bertz CT molecular complexity index is 457. The molecule has 0 fully saturated rings. The molecule has 0 aromatic carbocycles. The SMILES string of the molecule is CC(NCc1ncn(C)n1)c1nccn1C. The highest BCUT2D eigenvalue weighted by Gasteiger charge is 2.10. The third-order valence-electron chi connectivity index (χ3n) is 2.46. The van der Waals surface area contributed by atoms with Gasteiger partial charge in [-0.25, -0.2) is 9.97 Å². The van der Waals surface area contributed by atoms with Crippen LogP contribution < -0.4 is 5.32 Å². The minimum atomic E-state index is 0.184. The fraction of sp³-hybridized carbons (Fsp3) is 0.500. The molecular weight excluding hydrogens is 204 g/mol. The summed E-state index contributed by atoms with van der Waals surface area (Å²) in [6.45, 7) is 2.72. The van der Waals surface area contributed by atoms with Crippen LogP contribution in [-0.2, 0) is 20.6 Å². The van der Waals surface area contributed by atoms with Gasteiger partial charge in [0.2, 0.25) is 0 Å². The first-order chi connectivity index (χ1) is 7.66. The van der Waals surface area contributed by atoms with E-state index in [9.17, 15) is 0 Å². The monoisotopic (exact) mass is 220 g/mol. The molecule has 0 bridgehead atoms. The Labute approximate surface area is 94.3 Å². The van der Waals surface area contributed by atoms with E-state index in [1.807, 2.05) is 24.9 Å². The molecule has 0 radical (unpaired) electrons. The Hall–Kier alpha value is -1.69. The molecule has 86 valence electrons. The van der Waals surface area contributed by atoms with E-state index in [4.69, 9.17) is 0 Å². The van der Waals surface area contributed by atoms with Crippen LogP contribution in [0, 0.1) is 0 Å². The second kappa shape index (κ2) is 4.44. The van der Waals surface area contributed by atoms with Gasteiger partial charge in [-0.2, -0.15) is 5.10 Å². The lowest BCUT2D eigenvalue weighted by molar-refractivity contribution is 0.517. The van der Waals surface area contributed by atoms with Crippen LogP contribution in [0.5, 0.6) is 0 Å². The zero-order chi connectivity index (χ0) is 11.5. The van der Waals surface area contributed by atoms with Crippen LogP contribution in [-0.4, -0.2) is 24.3 Å².